The molecule has 3 nitrogen and oxygen atoms in total. The topological polar surface area (TPSA) is 19.6 Å². The van der Waals surface area contributed by atoms with Crippen LogP contribution in [0, 0.1) is 0 Å². The van der Waals surface area contributed by atoms with Gasteiger partial charge in [0.15, 0.2) is 0 Å². The van der Waals surface area contributed by atoms with Gasteiger partial charge < -0.3 is 14.2 Å². The number of fused-ring (bicyclic) bond motifs is 12. The molecule has 1 aromatic heterocycles. The lowest BCUT2D eigenvalue weighted by atomic mass is 9.33. The number of hydrogen-bond acceptors (Lipinski definition) is 3. The molecular weight excluding hydrogens is 787 g/mol. The van der Waals surface area contributed by atoms with Gasteiger partial charge >= 0.3 is 0 Å². The van der Waals surface area contributed by atoms with Crippen molar-refractivity contribution in [1.82, 2.24) is 0 Å². The molecule has 2 aliphatic heterocycles. The first-order valence-corrected chi connectivity index (χ1v) is 22.7. The minimum atomic E-state index is -0.0435. The van der Waals surface area contributed by atoms with E-state index in [0.29, 0.717) is 0 Å². The zero-order valence-electron chi connectivity index (χ0n) is 36.1. The fourth-order valence-corrected chi connectivity index (χ4v) is 11.6. The van der Waals surface area contributed by atoms with Gasteiger partial charge in [0, 0.05) is 50.3 Å². The third-order valence-corrected chi connectivity index (χ3v) is 14.7. The lowest BCUT2D eigenvalue weighted by Gasteiger charge is -2.44. The number of hydrogen-bond donors (Lipinski definition) is 0. The van der Waals surface area contributed by atoms with Crippen molar-refractivity contribution in [3.05, 3.63) is 223 Å². The smallest absolute Gasteiger partial charge is 0.252 e. The molecular formula is C61H41BN2O. The zero-order valence-corrected chi connectivity index (χ0v) is 36.1. The summed E-state index contributed by atoms with van der Waals surface area (Å²) in [6.07, 6.45) is 0. The first-order valence-electron chi connectivity index (χ1n) is 22.7. The Kier molecular flexibility index (Phi) is 7.54. The summed E-state index contributed by atoms with van der Waals surface area (Å²) in [5, 5.41) is 4.75. The summed E-state index contributed by atoms with van der Waals surface area (Å²) < 4.78 is 6.35. The number of benzene rings is 10. The van der Waals surface area contributed by atoms with Gasteiger partial charge in [-0.2, -0.15) is 0 Å². The van der Waals surface area contributed by atoms with E-state index in [0.717, 1.165) is 27.9 Å². The summed E-state index contributed by atoms with van der Waals surface area (Å²) in [5.41, 5.74) is 23.1. The second-order valence-electron chi connectivity index (χ2n) is 18.4. The van der Waals surface area contributed by atoms with Crippen molar-refractivity contribution in [2.75, 3.05) is 9.80 Å². The van der Waals surface area contributed by atoms with E-state index in [2.05, 4.69) is 236 Å². The number of anilines is 6. The van der Waals surface area contributed by atoms with Crippen LogP contribution in [0.3, 0.4) is 0 Å². The van der Waals surface area contributed by atoms with Gasteiger partial charge in [-0.1, -0.05) is 153 Å². The van der Waals surface area contributed by atoms with Crippen molar-refractivity contribution in [2.24, 2.45) is 0 Å². The van der Waals surface area contributed by atoms with Crippen LogP contribution in [-0.2, 0) is 5.41 Å². The molecule has 3 aliphatic rings. The molecule has 0 atom stereocenters. The zero-order chi connectivity index (χ0) is 43.0. The van der Waals surface area contributed by atoms with Crippen LogP contribution in [0.15, 0.2) is 217 Å². The molecule has 14 rings (SSSR count). The maximum Gasteiger partial charge on any atom is 0.252 e. The average molecular weight is 829 g/mol. The van der Waals surface area contributed by atoms with E-state index in [1.807, 2.05) is 0 Å². The average Bonchev–Trinajstić information content (AvgIpc) is 3.85. The highest BCUT2D eigenvalue weighted by molar-refractivity contribution is 7.00. The molecule has 11 aromatic rings. The van der Waals surface area contributed by atoms with Gasteiger partial charge in [0.1, 0.15) is 11.2 Å². The lowest BCUT2D eigenvalue weighted by molar-refractivity contribution is 0.660. The fourth-order valence-electron chi connectivity index (χ4n) is 11.6. The molecule has 0 unspecified atom stereocenters. The van der Waals surface area contributed by atoms with Crippen LogP contribution >= 0.6 is 0 Å². The molecule has 0 radical (unpaired) electrons. The van der Waals surface area contributed by atoms with Crippen molar-refractivity contribution in [2.45, 2.75) is 19.3 Å². The van der Waals surface area contributed by atoms with E-state index >= 15 is 0 Å². The lowest BCUT2D eigenvalue weighted by Crippen LogP contribution is -2.61. The first kappa shape index (κ1) is 36.4. The summed E-state index contributed by atoms with van der Waals surface area (Å²) in [4.78, 5) is 4.95. The fraction of sp³-hybridized carbons (Fsp3) is 0.0492. The predicted molar refractivity (Wildman–Crippen MR) is 274 cm³/mol. The number of para-hydroxylation sites is 2. The Morgan fingerprint density at radius 1 is 0.400 bits per heavy atom. The van der Waals surface area contributed by atoms with Crippen LogP contribution in [0.2, 0.25) is 0 Å². The molecule has 0 fully saturated rings. The molecule has 0 spiro atoms. The SMILES string of the molecule is CC1(C)c2ccccc2-c2ccc(-c3ccc(N4c5ccccc5B5c6ccccc6N(c6ccc(-c7ccc8oc9ccc%10ccccc%10c9c8c7)cc6)c6cccc4c65)cc3)cc21. The van der Waals surface area contributed by atoms with E-state index in [9.17, 15) is 0 Å². The molecule has 304 valence electrons. The quantitative estimate of drug-likeness (QED) is 0.165. The van der Waals surface area contributed by atoms with Crippen molar-refractivity contribution in [3.8, 4) is 33.4 Å². The minimum Gasteiger partial charge on any atom is -0.456 e. The monoisotopic (exact) mass is 828 g/mol. The summed E-state index contributed by atoms with van der Waals surface area (Å²) in [5.74, 6) is 0. The van der Waals surface area contributed by atoms with Crippen molar-refractivity contribution < 1.29 is 4.42 Å². The summed E-state index contributed by atoms with van der Waals surface area (Å²) in [6.45, 7) is 4.80. The Balaban J connectivity index is 0.858. The maximum absolute atomic E-state index is 6.35. The van der Waals surface area contributed by atoms with Gasteiger partial charge in [0.2, 0.25) is 0 Å². The van der Waals surface area contributed by atoms with Crippen molar-refractivity contribution >= 4 is 89.9 Å². The Morgan fingerprint density at radius 3 is 1.65 bits per heavy atom. The van der Waals surface area contributed by atoms with Crippen LogP contribution in [-0.4, -0.2) is 6.71 Å². The van der Waals surface area contributed by atoms with Crippen molar-refractivity contribution in [1.29, 1.82) is 0 Å². The van der Waals surface area contributed by atoms with Gasteiger partial charge in [0.25, 0.3) is 6.71 Å². The second-order valence-corrected chi connectivity index (χ2v) is 18.4. The number of nitrogens with zero attached hydrogens (tertiary/aromatic N) is 2. The van der Waals surface area contributed by atoms with E-state index in [1.165, 1.54) is 99.8 Å². The molecule has 10 aromatic carbocycles. The van der Waals surface area contributed by atoms with E-state index in [4.69, 9.17) is 4.42 Å². The standard InChI is InChI=1S/C61H41BN2O/c1-61(2)49-15-6-5-14-46(49)47-33-26-42(37-50(47)61)39-24-31-44(32-25-39)64-54-19-10-8-17-52(54)62-51-16-7-9-18-53(51)63(55-20-11-21-56(64)60(55)62)43-29-22-38(23-30-43)41-28-34-57-48(36-41)59-45-13-4-3-12-40(45)27-35-58(59)65-57/h3-37H,1-2H3. The Labute approximate surface area is 378 Å². The van der Waals surface area contributed by atoms with E-state index in [1.54, 1.807) is 0 Å². The van der Waals surface area contributed by atoms with Crippen LogP contribution < -0.4 is 26.2 Å². The molecule has 0 amide bonds. The van der Waals surface area contributed by atoms with Crippen molar-refractivity contribution in [3.63, 3.8) is 0 Å². The second kappa shape index (κ2) is 13.5. The predicted octanol–water partition coefficient (Wildman–Crippen LogP) is 14.5. The van der Waals surface area contributed by atoms with Gasteiger partial charge in [-0.15, -0.1) is 0 Å². The van der Waals surface area contributed by atoms with Crippen LogP contribution in [0.25, 0.3) is 66.1 Å². The van der Waals surface area contributed by atoms with Gasteiger partial charge in [-0.25, -0.2) is 0 Å². The molecule has 3 heterocycles. The minimum absolute atomic E-state index is 0.0435. The summed E-state index contributed by atoms with van der Waals surface area (Å²) in [6, 6.07) is 78.4. The summed E-state index contributed by atoms with van der Waals surface area (Å²) >= 11 is 0. The van der Waals surface area contributed by atoms with Crippen LogP contribution in [0.4, 0.5) is 34.1 Å². The molecule has 65 heavy (non-hydrogen) atoms. The Morgan fingerprint density at radius 2 is 0.938 bits per heavy atom. The summed E-state index contributed by atoms with van der Waals surface area (Å²) in [7, 11) is 0. The maximum atomic E-state index is 6.35. The largest absolute Gasteiger partial charge is 0.456 e. The third-order valence-electron chi connectivity index (χ3n) is 14.7. The molecule has 4 heteroatoms. The van der Waals surface area contributed by atoms with E-state index in [-0.39, 0.29) is 12.1 Å². The van der Waals surface area contributed by atoms with Crippen LogP contribution in [0.1, 0.15) is 25.0 Å². The molecule has 0 N–H and O–H groups in total. The first-order chi connectivity index (χ1) is 32.0. The highest BCUT2D eigenvalue weighted by atomic mass is 16.3. The van der Waals surface area contributed by atoms with Gasteiger partial charge in [-0.05, 0) is 144 Å². The number of rotatable bonds is 4. The Hall–Kier alpha value is -8.08. The highest BCUT2D eigenvalue weighted by Gasteiger charge is 2.43. The van der Waals surface area contributed by atoms with Gasteiger partial charge in [-0.3, -0.25) is 0 Å². The van der Waals surface area contributed by atoms with Gasteiger partial charge in [0.05, 0.1) is 0 Å². The third kappa shape index (κ3) is 5.20. The molecule has 0 saturated heterocycles. The van der Waals surface area contributed by atoms with Crippen LogP contribution in [0.5, 0.6) is 0 Å². The molecule has 0 bridgehead atoms. The van der Waals surface area contributed by atoms with E-state index < -0.39 is 0 Å². The molecule has 0 saturated carbocycles. The normalized spacial score (nSPS) is 14.0. The molecule has 1 aliphatic carbocycles. The number of furan rings is 1. The Bertz CT molecular complexity index is 3770. The highest BCUT2D eigenvalue weighted by Crippen LogP contribution is 2.50.